The summed E-state index contributed by atoms with van der Waals surface area (Å²) < 4.78 is 0. The minimum absolute atomic E-state index is 0.0632. The van der Waals surface area contributed by atoms with Gasteiger partial charge in [0.1, 0.15) is 10.7 Å². The number of aryl methyl sites for hydroxylation is 3. The zero-order valence-electron chi connectivity index (χ0n) is 16.7. The smallest absolute Gasteiger partial charge is 0.259 e. The summed E-state index contributed by atoms with van der Waals surface area (Å²) in [6, 6.07) is 14.2. The van der Waals surface area contributed by atoms with Crippen LogP contribution < -0.4 is 10.9 Å². The molecule has 4 rings (SSSR count). The summed E-state index contributed by atoms with van der Waals surface area (Å²) in [7, 11) is 0. The number of rotatable bonds is 5. The summed E-state index contributed by atoms with van der Waals surface area (Å²) in [4.78, 5) is 34.1. The molecule has 0 aliphatic heterocycles. The Kier molecular flexibility index (Phi) is 5.20. The van der Waals surface area contributed by atoms with Gasteiger partial charge in [-0.05, 0) is 42.7 Å². The number of carbonyl (C=O) groups is 1. The highest BCUT2D eigenvalue weighted by Crippen LogP contribution is 2.26. The first-order valence-corrected chi connectivity index (χ1v) is 10.5. The molecule has 1 atom stereocenters. The maximum atomic E-state index is 12.5. The normalized spacial score (nSPS) is 12.4. The van der Waals surface area contributed by atoms with Gasteiger partial charge in [-0.15, -0.1) is 11.3 Å². The minimum Gasteiger partial charge on any atom is -0.350 e. The molecule has 148 valence electrons. The number of hydrogen-bond donors (Lipinski definition) is 2. The molecule has 0 saturated heterocycles. The third-order valence-corrected chi connectivity index (χ3v) is 6.45. The molecule has 6 heteroatoms. The molecule has 0 radical (unpaired) electrons. The Bertz CT molecular complexity index is 1270. The third kappa shape index (κ3) is 3.80. The van der Waals surface area contributed by atoms with E-state index in [4.69, 9.17) is 0 Å². The Hall–Kier alpha value is -2.99. The fourth-order valence-electron chi connectivity index (χ4n) is 3.67. The van der Waals surface area contributed by atoms with Gasteiger partial charge in [-0.3, -0.25) is 9.59 Å². The fourth-order valence-corrected chi connectivity index (χ4v) is 4.72. The summed E-state index contributed by atoms with van der Waals surface area (Å²) >= 11 is 1.52. The number of H-pyrrole nitrogens is 1. The van der Waals surface area contributed by atoms with Crippen molar-refractivity contribution in [3.05, 3.63) is 74.6 Å². The zero-order chi connectivity index (χ0) is 20.5. The van der Waals surface area contributed by atoms with E-state index in [1.54, 1.807) is 0 Å². The average molecular weight is 406 g/mol. The molecule has 29 heavy (non-hydrogen) atoms. The van der Waals surface area contributed by atoms with Gasteiger partial charge in [0.2, 0.25) is 5.91 Å². The third-order valence-electron chi connectivity index (χ3n) is 5.34. The molecular weight excluding hydrogens is 382 g/mol. The largest absolute Gasteiger partial charge is 0.350 e. The van der Waals surface area contributed by atoms with Crippen LogP contribution in [-0.2, 0) is 11.2 Å². The van der Waals surface area contributed by atoms with Crippen molar-refractivity contribution < 1.29 is 4.79 Å². The van der Waals surface area contributed by atoms with Crippen LogP contribution in [0.2, 0.25) is 0 Å². The van der Waals surface area contributed by atoms with Crippen LogP contribution in [0.3, 0.4) is 0 Å². The minimum atomic E-state index is -0.128. The molecule has 0 aliphatic carbocycles. The van der Waals surface area contributed by atoms with Crippen molar-refractivity contribution in [2.75, 3.05) is 0 Å². The number of benzene rings is 2. The number of nitrogens with zero attached hydrogens (tertiary/aromatic N) is 1. The van der Waals surface area contributed by atoms with Crippen molar-refractivity contribution >= 4 is 38.2 Å². The summed E-state index contributed by atoms with van der Waals surface area (Å²) in [6.07, 6.45) is 0.669. The molecule has 0 spiro atoms. The predicted octanol–water partition coefficient (Wildman–Crippen LogP) is 4.56. The Morgan fingerprint density at radius 3 is 2.76 bits per heavy atom. The van der Waals surface area contributed by atoms with Crippen molar-refractivity contribution in [2.45, 2.75) is 39.7 Å². The summed E-state index contributed by atoms with van der Waals surface area (Å²) in [6.45, 7) is 5.92. The molecule has 1 amide bonds. The summed E-state index contributed by atoms with van der Waals surface area (Å²) in [5.41, 5.74) is 1.94. The number of thiophene rings is 1. The van der Waals surface area contributed by atoms with Crippen LogP contribution in [0.1, 0.15) is 41.2 Å². The van der Waals surface area contributed by atoms with Crippen LogP contribution in [0, 0.1) is 13.8 Å². The molecule has 0 aliphatic rings. The van der Waals surface area contributed by atoms with Gasteiger partial charge in [0, 0.05) is 17.7 Å². The second-order valence-corrected chi connectivity index (χ2v) is 8.54. The number of aromatic amines is 1. The first-order valence-electron chi connectivity index (χ1n) is 9.70. The molecule has 2 aromatic heterocycles. The van der Waals surface area contributed by atoms with Crippen molar-refractivity contribution in [2.24, 2.45) is 0 Å². The van der Waals surface area contributed by atoms with Crippen molar-refractivity contribution in [1.29, 1.82) is 0 Å². The van der Waals surface area contributed by atoms with Crippen molar-refractivity contribution in [3.8, 4) is 0 Å². The van der Waals surface area contributed by atoms with Crippen LogP contribution in [0.25, 0.3) is 21.0 Å². The first kappa shape index (κ1) is 19.3. The Balaban J connectivity index is 1.46. The molecule has 2 aromatic carbocycles. The molecule has 0 saturated carbocycles. The topological polar surface area (TPSA) is 74.8 Å². The van der Waals surface area contributed by atoms with E-state index in [0.29, 0.717) is 17.6 Å². The zero-order valence-corrected chi connectivity index (χ0v) is 17.5. The van der Waals surface area contributed by atoms with E-state index >= 15 is 0 Å². The van der Waals surface area contributed by atoms with Gasteiger partial charge in [-0.1, -0.05) is 42.5 Å². The van der Waals surface area contributed by atoms with Crippen LogP contribution >= 0.6 is 11.3 Å². The summed E-state index contributed by atoms with van der Waals surface area (Å²) in [5.74, 6) is 0.489. The monoisotopic (exact) mass is 405 g/mol. The number of amides is 1. The van der Waals surface area contributed by atoms with Gasteiger partial charge in [0.15, 0.2) is 0 Å². The highest BCUT2D eigenvalue weighted by Gasteiger charge is 2.15. The second-order valence-electron chi connectivity index (χ2n) is 7.33. The molecule has 5 nitrogen and oxygen atoms in total. The number of aromatic nitrogens is 2. The first-order chi connectivity index (χ1) is 13.9. The van der Waals surface area contributed by atoms with E-state index in [-0.39, 0.29) is 23.9 Å². The van der Waals surface area contributed by atoms with Gasteiger partial charge in [0.25, 0.3) is 5.56 Å². The molecule has 1 unspecified atom stereocenters. The highest BCUT2D eigenvalue weighted by molar-refractivity contribution is 7.18. The Morgan fingerprint density at radius 1 is 1.17 bits per heavy atom. The molecule has 4 aromatic rings. The van der Waals surface area contributed by atoms with Gasteiger partial charge >= 0.3 is 0 Å². The van der Waals surface area contributed by atoms with Crippen LogP contribution in [-0.4, -0.2) is 15.9 Å². The molecule has 2 N–H and O–H groups in total. The summed E-state index contributed by atoms with van der Waals surface area (Å²) in [5, 5.41) is 6.02. The molecule has 0 fully saturated rings. The highest BCUT2D eigenvalue weighted by atomic mass is 32.1. The SMILES string of the molecule is Cc1sc2nc(CCC(=O)NC(C)c3cccc4ccccc34)[nH]c(=O)c2c1C. The number of fused-ring (bicyclic) bond motifs is 2. The van der Waals surface area contributed by atoms with E-state index in [9.17, 15) is 9.59 Å². The lowest BCUT2D eigenvalue weighted by atomic mass is 9.99. The van der Waals surface area contributed by atoms with Crippen LogP contribution in [0.5, 0.6) is 0 Å². The van der Waals surface area contributed by atoms with Crippen molar-refractivity contribution in [1.82, 2.24) is 15.3 Å². The van der Waals surface area contributed by atoms with E-state index in [1.165, 1.54) is 11.3 Å². The lowest BCUT2D eigenvalue weighted by Crippen LogP contribution is -2.27. The van der Waals surface area contributed by atoms with Gasteiger partial charge < -0.3 is 10.3 Å². The quantitative estimate of drug-likeness (QED) is 0.511. The number of carbonyl (C=O) groups excluding carboxylic acids is 1. The number of hydrogen-bond acceptors (Lipinski definition) is 4. The average Bonchev–Trinajstić information content (AvgIpc) is 3.00. The Labute approximate surface area is 172 Å². The van der Waals surface area contributed by atoms with E-state index in [2.05, 4.69) is 33.5 Å². The standard InChI is InChI=1S/C23H23N3O2S/c1-13-15(3)29-23-21(13)22(28)25-19(26-23)11-12-20(27)24-14(2)17-10-6-8-16-7-4-5-9-18(16)17/h4-10,14H,11-12H2,1-3H3,(H,24,27)(H,25,26,28). The van der Waals surface area contributed by atoms with E-state index in [1.807, 2.05) is 45.0 Å². The lowest BCUT2D eigenvalue weighted by Gasteiger charge is -2.16. The predicted molar refractivity (Wildman–Crippen MR) is 119 cm³/mol. The molecular formula is C23H23N3O2S. The lowest BCUT2D eigenvalue weighted by molar-refractivity contribution is -0.121. The maximum Gasteiger partial charge on any atom is 0.259 e. The maximum absolute atomic E-state index is 12.5. The van der Waals surface area contributed by atoms with Gasteiger partial charge in [0.05, 0.1) is 11.4 Å². The van der Waals surface area contributed by atoms with Crippen LogP contribution in [0.15, 0.2) is 47.3 Å². The Morgan fingerprint density at radius 2 is 1.93 bits per heavy atom. The fraction of sp³-hybridized carbons (Fsp3) is 0.261. The van der Waals surface area contributed by atoms with E-state index < -0.39 is 0 Å². The van der Waals surface area contributed by atoms with Crippen LogP contribution in [0.4, 0.5) is 0 Å². The molecule has 0 bridgehead atoms. The second kappa shape index (κ2) is 7.79. The number of nitrogens with one attached hydrogen (secondary N) is 2. The molecule has 2 heterocycles. The van der Waals surface area contributed by atoms with Crippen molar-refractivity contribution in [3.63, 3.8) is 0 Å². The van der Waals surface area contributed by atoms with Gasteiger partial charge in [-0.2, -0.15) is 0 Å². The van der Waals surface area contributed by atoms with E-state index in [0.717, 1.165) is 31.6 Å². The van der Waals surface area contributed by atoms with Gasteiger partial charge in [-0.25, -0.2) is 4.98 Å².